The molecular formula is C19H22N2O5S2. The molecule has 1 aliphatic rings. The minimum atomic E-state index is -0.955. The number of esters is 2. The van der Waals surface area contributed by atoms with Crippen LogP contribution in [-0.4, -0.2) is 35.5 Å². The normalized spacial score (nSPS) is 14.1. The molecule has 2 heterocycles. The number of nitrogens with zero attached hydrogens (tertiary/aromatic N) is 1. The average Bonchev–Trinajstić information content (AvgIpc) is 3.28. The van der Waals surface area contributed by atoms with Crippen LogP contribution in [0.1, 0.15) is 52.5 Å². The predicted molar refractivity (Wildman–Crippen MR) is 107 cm³/mol. The summed E-state index contributed by atoms with van der Waals surface area (Å²) in [6.45, 7) is 3.56. The number of ether oxygens (including phenoxy) is 2. The van der Waals surface area contributed by atoms with E-state index in [2.05, 4.69) is 10.3 Å². The molecule has 28 heavy (non-hydrogen) atoms. The molecule has 1 unspecified atom stereocenters. The van der Waals surface area contributed by atoms with Crippen LogP contribution in [0.25, 0.3) is 0 Å². The average molecular weight is 423 g/mol. The Balaban J connectivity index is 1.53. The number of thiazole rings is 1. The number of carbonyl (C=O) groups is 3. The summed E-state index contributed by atoms with van der Waals surface area (Å²) in [4.78, 5) is 42.1. The molecular weight excluding hydrogens is 400 g/mol. The van der Waals surface area contributed by atoms with Crippen LogP contribution in [0.3, 0.4) is 0 Å². The highest BCUT2D eigenvalue weighted by Crippen LogP contribution is 2.30. The number of rotatable bonds is 7. The molecule has 0 fully saturated rings. The Morgan fingerprint density at radius 3 is 2.82 bits per heavy atom. The summed E-state index contributed by atoms with van der Waals surface area (Å²) in [5.74, 6) is -1.32. The van der Waals surface area contributed by atoms with Gasteiger partial charge in [-0.25, -0.2) is 9.78 Å². The summed E-state index contributed by atoms with van der Waals surface area (Å²) < 4.78 is 10.2. The molecule has 7 nitrogen and oxygen atoms in total. The summed E-state index contributed by atoms with van der Waals surface area (Å²) in [6, 6.07) is 1.88. The van der Waals surface area contributed by atoms with Crippen molar-refractivity contribution in [1.29, 1.82) is 0 Å². The third-order valence-corrected chi connectivity index (χ3v) is 6.29. The molecule has 3 rings (SSSR count). The number of hydrogen-bond donors (Lipinski definition) is 1. The van der Waals surface area contributed by atoms with Gasteiger partial charge in [0.15, 0.2) is 11.2 Å². The van der Waals surface area contributed by atoms with E-state index in [1.54, 1.807) is 12.3 Å². The second kappa shape index (κ2) is 9.29. The predicted octanol–water partition coefficient (Wildman–Crippen LogP) is 3.37. The number of thiophene rings is 1. The minimum Gasteiger partial charge on any atom is -0.466 e. The quantitative estimate of drug-likeness (QED) is 0.688. The number of aryl methyl sites for hydroxylation is 2. The van der Waals surface area contributed by atoms with E-state index in [0.29, 0.717) is 22.3 Å². The van der Waals surface area contributed by atoms with Crippen molar-refractivity contribution in [2.45, 2.75) is 52.1 Å². The number of amides is 1. The highest BCUT2D eigenvalue weighted by Gasteiger charge is 2.23. The number of nitrogens with one attached hydrogen (secondary N) is 1. The van der Waals surface area contributed by atoms with Crippen molar-refractivity contribution in [3.8, 4) is 0 Å². The molecule has 2 aromatic heterocycles. The second-order valence-electron chi connectivity index (χ2n) is 6.43. The molecule has 1 N–H and O–H groups in total. The van der Waals surface area contributed by atoms with E-state index in [4.69, 9.17) is 9.47 Å². The van der Waals surface area contributed by atoms with Crippen LogP contribution in [0.5, 0.6) is 0 Å². The van der Waals surface area contributed by atoms with Crippen LogP contribution < -0.4 is 5.32 Å². The second-order valence-corrected chi connectivity index (χ2v) is 8.42. The molecule has 0 aromatic carbocycles. The fourth-order valence-electron chi connectivity index (χ4n) is 2.88. The van der Waals surface area contributed by atoms with Gasteiger partial charge in [0.2, 0.25) is 0 Å². The van der Waals surface area contributed by atoms with E-state index in [0.717, 1.165) is 25.7 Å². The van der Waals surface area contributed by atoms with Gasteiger partial charge in [-0.15, -0.1) is 22.7 Å². The molecule has 0 bridgehead atoms. The standard InChI is InChI=1S/C19H22N2O5S2/c1-3-25-16(22)9-13-10-27-19(20-13)21-17(23)11(2)26-18(24)15-8-12-6-4-5-7-14(12)28-15/h8,10-11H,3-7,9H2,1-2H3,(H,20,21,23). The zero-order valence-electron chi connectivity index (χ0n) is 15.8. The Bertz CT molecular complexity index is 850. The van der Waals surface area contributed by atoms with Crippen molar-refractivity contribution >= 4 is 45.7 Å². The van der Waals surface area contributed by atoms with Gasteiger partial charge >= 0.3 is 11.9 Å². The maximum Gasteiger partial charge on any atom is 0.349 e. The van der Waals surface area contributed by atoms with E-state index in [1.807, 2.05) is 6.07 Å². The Kier molecular flexibility index (Phi) is 6.79. The lowest BCUT2D eigenvalue weighted by Gasteiger charge is -2.11. The molecule has 1 atom stereocenters. The zero-order valence-corrected chi connectivity index (χ0v) is 17.4. The van der Waals surface area contributed by atoms with Crippen LogP contribution in [0.4, 0.5) is 5.13 Å². The minimum absolute atomic E-state index is 0.0494. The topological polar surface area (TPSA) is 94.6 Å². The van der Waals surface area contributed by atoms with Crippen molar-refractivity contribution < 1.29 is 23.9 Å². The molecule has 0 spiro atoms. The van der Waals surface area contributed by atoms with Gasteiger partial charge in [0.25, 0.3) is 5.91 Å². The maximum atomic E-state index is 12.4. The smallest absolute Gasteiger partial charge is 0.349 e. The number of fused-ring (bicyclic) bond motifs is 1. The molecule has 0 aliphatic heterocycles. The SMILES string of the molecule is CCOC(=O)Cc1csc(NC(=O)C(C)OC(=O)c2cc3c(s2)CCCC3)n1. The number of carbonyl (C=O) groups excluding carboxylic acids is 3. The first kappa shape index (κ1) is 20.5. The van der Waals surface area contributed by atoms with Crippen LogP contribution in [0.15, 0.2) is 11.4 Å². The Morgan fingerprint density at radius 2 is 2.07 bits per heavy atom. The van der Waals surface area contributed by atoms with Gasteiger partial charge in [0, 0.05) is 10.3 Å². The third-order valence-electron chi connectivity index (χ3n) is 4.26. The number of hydrogen-bond acceptors (Lipinski definition) is 8. The van der Waals surface area contributed by atoms with Crippen LogP contribution in [-0.2, 0) is 38.3 Å². The largest absolute Gasteiger partial charge is 0.466 e. The monoisotopic (exact) mass is 422 g/mol. The van der Waals surface area contributed by atoms with Gasteiger partial charge in [-0.1, -0.05) is 0 Å². The molecule has 1 aliphatic carbocycles. The molecule has 150 valence electrons. The van der Waals surface area contributed by atoms with Gasteiger partial charge in [-0.3, -0.25) is 14.9 Å². The van der Waals surface area contributed by atoms with Gasteiger partial charge in [0.1, 0.15) is 4.88 Å². The van der Waals surface area contributed by atoms with E-state index in [-0.39, 0.29) is 12.4 Å². The summed E-state index contributed by atoms with van der Waals surface area (Å²) in [5, 5.41) is 4.64. The van der Waals surface area contributed by atoms with E-state index in [1.165, 1.54) is 40.0 Å². The summed E-state index contributed by atoms with van der Waals surface area (Å²) in [6.07, 6.45) is 3.38. The highest BCUT2D eigenvalue weighted by atomic mass is 32.1. The Morgan fingerprint density at radius 1 is 1.29 bits per heavy atom. The highest BCUT2D eigenvalue weighted by molar-refractivity contribution is 7.14. The van der Waals surface area contributed by atoms with E-state index < -0.39 is 18.0 Å². The van der Waals surface area contributed by atoms with Crippen molar-refractivity contribution in [2.24, 2.45) is 0 Å². The van der Waals surface area contributed by atoms with E-state index >= 15 is 0 Å². The van der Waals surface area contributed by atoms with E-state index in [9.17, 15) is 14.4 Å². The van der Waals surface area contributed by atoms with Gasteiger partial charge in [-0.05, 0) is 51.2 Å². The third kappa shape index (κ3) is 5.17. The summed E-state index contributed by atoms with van der Waals surface area (Å²) >= 11 is 2.65. The first-order valence-corrected chi connectivity index (χ1v) is 10.9. The molecule has 9 heteroatoms. The van der Waals surface area contributed by atoms with Gasteiger partial charge in [0.05, 0.1) is 18.7 Å². The molecule has 2 aromatic rings. The van der Waals surface area contributed by atoms with Crippen molar-refractivity contribution in [3.63, 3.8) is 0 Å². The van der Waals surface area contributed by atoms with Gasteiger partial charge in [-0.2, -0.15) is 0 Å². The Hall–Kier alpha value is -2.26. The lowest BCUT2D eigenvalue weighted by Crippen LogP contribution is -2.29. The van der Waals surface area contributed by atoms with Gasteiger partial charge < -0.3 is 9.47 Å². The lowest BCUT2D eigenvalue weighted by atomic mass is 9.99. The maximum absolute atomic E-state index is 12.4. The van der Waals surface area contributed by atoms with Crippen LogP contribution in [0, 0.1) is 0 Å². The van der Waals surface area contributed by atoms with Crippen LogP contribution in [0.2, 0.25) is 0 Å². The zero-order chi connectivity index (χ0) is 20.1. The first-order valence-electron chi connectivity index (χ1n) is 9.19. The Labute approximate surface area is 171 Å². The first-order chi connectivity index (χ1) is 13.5. The fraction of sp³-hybridized carbons (Fsp3) is 0.474. The van der Waals surface area contributed by atoms with Crippen LogP contribution >= 0.6 is 22.7 Å². The number of aromatic nitrogens is 1. The fourth-order valence-corrected chi connectivity index (χ4v) is 4.73. The lowest BCUT2D eigenvalue weighted by molar-refractivity contribution is -0.142. The molecule has 1 amide bonds. The summed E-state index contributed by atoms with van der Waals surface area (Å²) in [5.41, 5.74) is 1.74. The van der Waals surface area contributed by atoms with Crippen molar-refractivity contribution in [3.05, 3.63) is 32.5 Å². The summed E-state index contributed by atoms with van der Waals surface area (Å²) in [7, 11) is 0. The molecule has 0 saturated carbocycles. The van der Waals surface area contributed by atoms with Crippen molar-refractivity contribution in [1.82, 2.24) is 4.98 Å². The number of anilines is 1. The molecule has 0 saturated heterocycles. The van der Waals surface area contributed by atoms with Crippen molar-refractivity contribution in [2.75, 3.05) is 11.9 Å². The molecule has 0 radical (unpaired) electrons.